The molecule has 0 bridgehead atoms. The Hall–Kier alpha value is -2.94. The van der Waals surface area contributed by atoms with Crippen molar-refractivity contribution in [3.05, 3.63) is 58.4 Å². The van der Waals surface area contributed by atoms with Crippen LogP contribution in [0.5, 0.6) is 6.01 Å². The predicted octanol–water partition coefficient (Wildman–Crippen LogP) is 2.80. The Kier molecular flexibility index (Phi) is 5.48. The van der Waals surface area contributed by atoms with E-state index in [0.29, 0.717) is 23.3 Å². The van der Waals surface area contributed by atoms with Crippen molar-refractivity contribution in [2.45, 2.75) is 38.4 Å². The first-order chi connectivity index (χ1) is 14.1. The van der Waals surface area contributed by atoms with Gasteiger partial charge in [0, 0.05) is 12.7 Å². The number of hydrogen-bond donors (Lipinski definition) is 0. The smallest absolute Gasteiger partial charge is 0.316 e. The van der Waals surface area contributed by atoms with Gasteiger partial charge >= 0.3 is 6.01 Å². The lowest BCUT2D eigenvalue weighted by molar-refractivity contribution is 0.120. The number of aromatic nitrogens is 4. The third kappa shape index (κ3) is 3.95. The minimum Gasteiger partial charge on any atom is -0.467 e. The fourth-order valence-corrected chi connectivity index (χ4v) is 3.83. The maximum atomic E-state index is 13.3. The van der Waals surface area contributed by atoms with Crippen molar-refractivity contribution in [1.82, 2.24) is 24.4 Å². The Morgan fingerprint density at radius 3 is 2.86 bits per heavy atom. The van der Waals surface area contributed by atoms with Gasteiger partial charge in [-0.3, -0.25) is 14.3 Å². The molecule has 0 radical (unpaired) electrons. The van der Waals surface area contributed by atoms with E-state index in [1.807, 2.05) is 0 Å². The summed E-state index contributed by atoms with van der Waals surface area (Å²) in [5, 5.41) is 0.349. The highest BCUT2D eigenvalue weighted by atomic mass is 19.3. The monoisotopic (exact) mass is 401 g/mol. The first-order valence-corrected chi connectivity index (χ1v) is 9.44. The van der Waals surface area contributed by atoms with Gasteiger partial charge in [0.05, 0.1) is 36.3 Å². The van der Waals surface area contributed by atoms with Crippen molar-refractivity contribution < 1.29 is 13.5 Å². The molecule has 0 N–H and O–H groups in total. The molecule has 0 amide bonds. The van der Waals surface area contributed by atoms with Gasteiger partial charge in [-0.1, -0.05) is 12.1 Å². The summed E-state index contributed by atoms with van der Waals surface area (Å²) in [6.07, 6.45) is 0.587. The van der Waals surface area contributed by atoms with Crippen LogP contribution in [0.15, 0.2) is 41.3 Å². The second kappa shape index (κ2) is 8.20. The van der Waals surface area contributed by atoms with Crippen molar-refractivity contribution in [1.29, 1.82) is 0 Å². The van der Waals surface area contributed by atoms with E-state index >= 15 is 0 Å². The summed E-state index contributed by atoms with van der Waals surface area (Å²) < 4.78 is 32.7. The van der Waals surface area contributed by atoms with Gasteiger partial charge in [-0.25, -0.2) is 18.7 Å². The number of likely N-dealkylation sites (tertiary alicyclic amines) is 1. The van der Waals surface area contributed by atoms with Crippen LogP contribution < -0.4 is 10.3 Å². The van der Waals surface area contributed by atoms with E-state index in [0.717, 1.165) is 29.6 Å². The van der Waals surface area contributed by atoms with Gasteiger partial charge in [-0.05, 0) is 37.6 Å². The molecule has 3 aromatic rings. The van der Waals surface area contributed by atoms with Crippen LogP contribution in [-0.2, 0) is 13.1 Å². The minimum atomic E-state index is -2.64. The Bertz CT molecular complexity index is 1070. The van der Waals surface area contributed by atoms with E-state index in [-0.39, 0.29) is 12.1 Å². The molecule has 1 unspecified atom stereocenters. The summed E-state index contributed by atoms with van der Waals surface area (Å²) >= 11 is 0. The molecule has 3 heterocycles. The number of benzene rings is 1. The SMILES string of the molecule is COc1nccc(CN2CCCC2c2nc3ccccc3c(=O)n2CC(F)F)n1. The van der Waals surface area contributed by atoms with Gasteiger partial charge in [-0.15, -0.1) is 0 Å². The molecule has 1 saturated heterocycles. The number of hydrogen-bond acceptors (Lipinski definition) is 6. The van der Waals surface area contributed by atoms with E-state index < -0.39 is 18.5 Å². The Morgan fingerprint density at radius 1 is 1.24 bits per heavy atom. The summed E-state index contributed by atoms with van der Waals surface area (Å²) in [4.78, 5) is 28.0. The number of nitrogens with zero attached hydrogens (tertiary/aromatic N) is 5. The minimum absolute atomic E-state index is 0.244. The fraction of sp³-hybridized carbons (Fsp3) is 0.400. The van der Waals surface area contributed by atoms with Gasteiger partial charge in [-0.2, -0.15) is 4.98 Å². The first kappa shape index (κ1) is 19.4. The Balaban J connectivity index is 1.74. The lowest BCUT2D eigenvalue weighted by Crippen LogP contribution is -2.33. The van der Waals surface area contributed by atoms with Crippen LogP contribution in [0.4, 0.5) is 8.78 Å². The summed E-state index contributed by atoms with van der Waals surface area (Å²) in [5.41, 5.74) is 0.849. The molecule has 1 fully saturated rings. The normalized spacial score (nSPS) is 17.3. The number of methoxy groups -OCH3 is 1. The number of ether oxygens (including phenoxy) is 1. The average molecular weight is 401 g/mol. The van der Waals surface area contributed by atoms with Crippen molar-refractivity contribution in [3.8, 4) is 6.01 Å². The zero-order chi connectivity index (χ0) is 20.4. The highest BCUT2D eigenvalue weighted by Gasteiger charge is 2.31. The molecule has 0 aliphatic carbocycles. The standard InChI is InChI=1S/C20H21F2N5O2/c1-29-20-23-9-8-13(24-20)11-26-10-4-7-16(26)18-25-15-6-3-2-5-14(15)19(28)27(18)12-17(21)22/h2-3,5-6,8-9,16-17H,4,7,10-12H2,1H3. The highest BCUT2D eigenvalue weighted by Crippen LogP contribution is 2.32. The topological polar surface area (TPSA) is 73.1 Å². The molecule has 7 nitrogen and oxygen atoms in total. The van der Waals surface area contributed by atoms with Gasteiger partial charge in [0.25, 0.3) is 12.0 Å². The van der Waals surface area contributed by atoms with Gasteiger partial charge < -0.3 is 4.74 Å². The third-order valence-corrected chi connectivity index (χ3v) is 5.11. The van der Waals surface area contributed by atoms with E-state index in [2.05, 4.69) is 19.9 Å². The maximum Gasteiger partial charge on any atom is 0.316 e. The molecule has 1 aliphatic rings. The molecule has 1 aliphatic heterocycles. The summed E-state index contributed by atoms with van der Waals surface area (Å²) in [6.45, 7) is 0.576. The van der Waals surface area contributed by atoms with Gasteiger partial charge in [0.1, 0.15) is 5.82 Å². The molecule has 2 aromatic heterocycles. The van der Waals surface area contributed by atoms with Crippen molar-refractivity contribution in [2.24, 2.45) is 0 Å². The average Bonchev–Trinajstić information content (AvgIpc) is 3.17. The number of rotatable bonds is 6. The van der Waals surface area contributed by atoms with Crippen molar-refractivity contribution in [2.75, 3.05) is 13.7 Å². The molecule has 0 saturated carbocycles. The highest BCUT2D eigenvalue weighted by molar-refractivity contribution is 5.77. The lowest BCUT2D eigenvalue weighted by Gasteiger charge is -2.26. The Labute approximate surface area is 166 Å². The quantitative estimate of drug-likeness (QED) is 0.633. The number of alkyl halides is 2. The van der Waals surface area contributed by atoms with Crippen LogP contribution in [0, 0.1) is 0 Å². The molecule has 1 aromatic carbocycles. The number of fused-ring (bicyclic) bond motifs is 1. The van der Waals surface area contributed by atoms with Crippen LogP contribution in [0.1, 0.15) is 30.4 Å². The molecular weight excluding hydrogens is 380 g/mol. The van der Waals surface area contributed by atoms with Gasteiger partial charge in [0.2, 0.25) is 0 Å². The Morgan fingerprint density at radius 2 is 2.07 bits per heavy atom. The molecular formula is C20H21F2N5O2. The molecule has 29 heavy (non-hydrogen) atoms. The first-order valence-electron chi connectivity index (χ1n) is 9.44. The zero-order valence-electron chi connectivity index (χ0n) is 16.0. The van der Waals surface area contributed by atoms with E-state index in [1.165, 1.54) is 7.11 Å². The van der Waals surface area contributed by atoms with Crippen LogP contribution in [-0.4, -0.2) is 44.5 Å². The molecule has 9 heteroatoms. The van der Waals surface area contributed by atoms with Crippen LogP contribution in [0.3, 0.4) is 0 Å². The molecule has 0 spiro atoms. The summed E-state index contributed by atoms with van der Waals surface area (Å²) in [5.74, 6) is 0.382. The van der Waals surface area contributed by atoms with E-state index in [9.17, 15) is 13.6 Å². The summed E-state index contributed by atoms with van der Waals surface area (Å²) in [6, 6.07) is 8.68. The van der Waals surface area contributed by atoms with Gasteiger partial charge in [0.15, 0.2) is 0 Å². The number of halogens is 2. The van der Waals surface area contributed by atoms with Crippen LogP contribution in [0.2, 0.25) is 0 Å². The van der Waals surface area contributed by atoms with Crippen molar-refractivity contribution >= 4 is 10.9 Å². The second-order valence-electron chi connectivity index (χ2n) is 6.96. The molecule has 152 valence electrons. The van der Waals surface area contributed by atoms with Crippen LogP contribution in [0.25, 0.3) is 10.9 Å². The fourth-order valence-electron chi connectivity index (χ4n) is 3.83. The number of para-hydroxylation sites is 1. The maximum absolute atomic E-state index is 13.3. The molecule has 4 rings (SSSR count). The summed E-state index contributed by atoms with van der Waals surface area (Å²) in [7, 11) is 1.50. The molecule has 1 atom stereocenters. The van der Waals surface area contributed by atoms with E-state index in [1.54, 1.807) is 36.5 Å². The third-order valence-electron chi connectivity index (χ3n) is 5.11. The predicted molar refractivity (Wildman–Crippen MR) is 103 cm³/mol. The largest absolute Gasteiger partial charge is 0.467 e. The second-order valence-corrected chi connectivity index (χ2v) is 6.96. The lowest BCUT2D eigenvalue weighted by atomic mass is 10.1. The van der Waals surface area contributed by atoms with Crippen LogP contribution >= 0.6 is 0 Å². The van der Waals surface area contributed by atoms with Crippen molar-refractivity contribution in [3.63, 3.8) is 0 Å². The zero-order valence-corrected chi connectivity index (χ0v) is 16.0. The van der Waals surface area contributed by atoms with E-state index in [4.69, 9.17) is 4.74 Å².